The number of rotatable bonds is 5. The maximum atomic E-state index is 14.6. The Bertz CT molecular complexity index is 1450. The zero-order chi connectivity index (χ0) is 24.5. The lowest BCUT2D eigenvalue weighted by Crippen LogP contribution is -2.39. The molecule has 2 heterocycles. The number of aryl methyl sites for hydroxylation is 1. The van der Waals surface area contributed by atoms with Crippen LogP contribution in [-0.4, -0.2) is 26.1 Å². The number of halogens is 2. The van der Waals surface area contributed by atoms with Crippen LogP contribution >= 0.6 is 11.6 Å². The third kappa shape index (κ3) is 4.60. The standard InChI is InChI=1S/C27H26ClFN4O2/c1-17-21(14-19(28)15-30-17)26(34)31-20-12-10-18(11-13-20)16-32-24-8-4-5-9-25(24)33(27(32)35)23-7-3-2-6-22(23)29/h2-9,14-15,18,20H,10-13,16H2,1H3,(H,31,34)/t18-,20-. The molecular weight excluding hydrogens is 467 g/mol. The zero-order valence-electron chi connectivity index (χ0n) is 19.4. The molecule has 0 saturated heterocycles. The Morgan fingerprint density at radius 1 is 1.09 bits per heavy atom. The maximum Gasteiger partial charge on any atom is 0.333 e. The summed E-state index contributed by atoms with van der Waals surface area (Å²) in [5.74, 6) is -0.306. The molecular formula is C27H26ClFN4O2. The molecule has 6 nitrogen and oxygen atoms in total. The van der Waals surface area contributed by atoms with E-state index in [-0.39, 0.29) is 29.2 Å². The summed E-state index contributed by atoms with van der Waals surface area (Å²) in [6, 6.07) is 15.5. The van der Waals surface area contributed by atoms with E-state index in [1.165, 1.54) is 16.8 Å². The van der Waals surface area contributed by atoms with Crippen molar-refractivity contribution in [2.45, 2.75) is 45.2 Å². The first kappa shape index (κ1) is 23.3. The highest BCUT2D eigenvalue weighted by Gasteiger charge is 2.26. The molecule has 35 heavy (non-hydrogen) atoms. The van der Waals surface area contributed by atoms with E-state index in [0.717, 1.165) is 31.2 Å². The lowest BCUT2D eigenvalue weighted by Gasteiger charge is -2.29. The van der Waals surface area contributed by atoms with E-state index in [2.05, 4.69) is 10.3 Å². The monoisotopic (exact) mass is 492 g/mol. The minimum atomic E-state index is -0.432. The minimum absolute atomic E-state index is 0.0635. The van der Waals surface area contributed by atoms with Crippen molar-refractivity contribution in [3.05, 3.63) is 93.4 Å². The number of carbonyl (C=O) groups excluding carboxylic acids is 1. The lowest BCUT2D eigenvalue weighted by atomic mass is 9.85. The predicted molar refractivity (Wildman–Crippen MR) is 135 cm³/mol. The molecule has 180 valence electrons. The van der Waals surface area contributed by atoms with Crippen molar-refractivity contribution in [3.8, 4) is 5.69 Å². The molecule has 0 spiro atoms. The Morgan fingerprint density at radius 2 is 1.77 bits per heavy atom. The average molecular weight is 493 g/mol. The lowest BCUT2D eigenvalue weighted by molar-refractivity contribution is 0.0919. The van der Waals surface area contributed by atoms with Crippen LogP contribution in [0, 0.1) is 18.7 Å². The fraction of sp³-hybridized carbons (Fsp3) is 0.296. The fourth-order valence-corrected chi connectivity index (χ4v) is 5.16. The average Bonchev–Trinajstić information content (AvgIpc) is 3.13. The summed E-state index contributed by atoms with van der Waals surface area (Å²) >= 11 is 6.01. The molecule has 2 aromatic heterocycles. The van der Waals surface area contributed by atoms with Crippen molar-refractivity contribution in [3.63, 3.8) is 0 Å². The maximum absolute atomic E-state index is 14.6. The van der Waals surface area contributed by atoms with Crippen molar-refractivity contribution in [1.82, 2.24) is 19.4 Å². The second-order valence-corrected chi connectivity index (χ2v) is 9.58. The summed E-state index contributed by atoms with van der Waals surface area (Å²) in [7, 11) is 0. The molecule has 2 aromatic carbocycles. The number of hydrogen-bond donors (Lipinski definition) is 1. The first-order valence-electron chi connectivity index (χ1n) is 11.8. The van der Waals surface area contributed by atoms with Crippen LogP contribution in [0.2, 0.25) is 5.02 Å². The summed E-state index contributed by atoms with van der Waals surface area (Å²) < 4.78 is 17.8. The Balaban J connectivity index is 1.31. The summed E-state index contributed by atoms with van der Waals surface area (Å²) in [4.78, 5) is 30.3. The van der Waals surface area contributed by atoms with E-state index >= 15 is 0 Å². The predicted octanol–water partition coefficient (Wildman–Crippen LogP) is 5.28. The molecule has 0 radical (unpaired) electrons. The number of aromatic nitrogens is 3. The minimum Gasteiger partial charge on any atom is -0.349 e. The van der Waals surface area contributed by atoms with Crippen LogP contribution in [0.15, 0.2) is 65.6 Å². The molecule has 1 aliphatic carbocycles. The smallest absolute Gasteiger partial charge is 0.333 e. The summed E-state index contributed by atoms with van der Waals surface area (Å²) in [5.41, 5.74) is 2.63. The van der Waals surface area contributed by atoms with E-state index < -0.39 is 5.82 Å². The Labute approximate surface area is 207 Å². The number of imidazole rings is 1. The van der Waals surface area contributed by atoms with Crippen molar-refractivity contribution in [2.75, 3.05) is 0 Å². The van der Waals surface area contributed by atoms with Gasteiger partial charge in [-0.15, -0.1) is 0 Å². The molecule has 8 heteroatoms. The SMILES string of the molecule is Cc1ncc(Cl)cc1C(=O)N[C@H]1CC[C@H](Cn2c(=O)n(-c3ccccc3F)c3ccccc32)CC1. The van der Waals surface area contributed by atoms with Crippen LogP contribution in [0.1, 0.15) is 41.7 Å². The summed E-state index contributed by atoms with van der Waals surface area (Å²) in [5, 5.41) is 3.54. The second-order valence-electron chi connectivity index (χ2n) is 9.15. The molecule has 1 fully saturated rings. The van der Waals surface area contributed by atoms with Gasteiger partial charge in [-0.1, -0.05) is 35.9 Å². The van der Waals surface area contributed by atoms with Crippen molar-refractivity contribution >= 4 is 28.5 Å². The van der Waals surface area contributed by atoms with Gasteiger partial charge in [0.05, 0.1) is 33.0 Å². The van der Waals surface area contributed by atoms with Gasteiger partial charge in [-0.05, 0) is 68.9 Å². The second kappa shape index (κ2) is 9.66. The third-order valence-corrected chi connectivity index (χ3v) is 7.06. The van der Waals surface area contributed by atoms with Crippen molar-refractivity contribution < 1.29 is 9.18 Å². The van der Waals surface area contributed by atoms with Crippen molar-refractivity contribution in [2.24, 2.45) is 5.92 Å². The van der Waals surface area contributed by atoms with Gasteiger partial charge in [-0.25, -0.2) is 9.18 Å². The number of amides is 1. The number of hydrogen-bond acceptors (Lipinski definition) is 3. The third-order valence-electron chi connectivity index (χ3n) is 6.85. The van der Waals surface area contributed by atoms with E-state index in [9.17, 15) is 14.0 Å². The molecule has 5 rings (SSSR count). The molecule has 1 N–H and O–H groups in total. The van der Waals surface area contributed by atoms with Crippen LogP contribution in [-0.2, 0) is 6.54 Å². The highest BCUT2D eigenvalue weighted by Crippen LogP contribution is 2.28. The van der Waals surface area contributed by atoms with E-state index in [1.807, 2.05) is 24.3 Å². The number of pyridine rings is 1. The quantitative estimate of drug-likeness (QED) is 0.412. The van der Waals surface area contributed by atoms with Gasteiger partial charge in [0.1, 0.15) is 5.82 Å². The largest absolute Gasteiger partial charge is 0.349 e. The van der Waals surface area contributed by atoms with Gasteiger partial charge >= 0.3 is 5.69 Å². The van der Waals surface area contributed by atoms with E-state index in [0.29, 0.717) is 28.3 Å². The van der Waals surface area contributed by atoms with Crippen LogP contribution in [0.25, 0.3) is 16.7 Å². The van der Waals surface area contributed by atoms with Gasteiger partial charge in [-0.3, -0.25) is 18.9 Å². The summed E-state index contributed by atoms with van der Waals surface area (Å²) in [6.45, 7) is 2.34. The Kier molecular flexibility index (Phi) is 6.43. The number of nitrogens with one attached hydrogen (secondary N) is 1. The highest BCUT2D eigenvalue weighted by molar-refractivity contribution is 6.30. The Morgan fingerprint density at radius 3 is 2.51 bits per heavy atom. The van der Waals surface area contributed by atoms with Gasteiger partial charge in [0.2, 0.25) is 0 Å². The number of fused-ring (bicyclic) bond motifs is 1. The van der Waals surface area contributed by atoms with Crippen molar-refractivity contribution in [1.29, 1.82) is 0 Å². The van der Waals surface area contributed by atoms with E-state index in [4.69, 9.17) is 11.6 Å². The molecule has 1 saturated carbocycles. The first-order valence-corrected chi connectivity index (χ1v) is 12.2. The van der Waals surface area contributed by atoms with Gasteiger partial charge in [0.25, 0.3) is 5.91 Å². The van der Waals surface area contributed by atoms with Crippen LogP contribution < -0.4 is 11.0 Å². The molecule has 0 atom stereocenters. The topological polar surface area (TPSA) is 68.9 Å². The Hall–Kier alpha value is -3.45. The molecule has 0 aliphatic heterocycles. The number of para-hydroxylation sites is 3. The van der Waals surface area contributed by atoms with Crippen LogP contribution in [0.3, 0.4) is 0 Å². The van der Waals surface area contributed by atoms with Crippen LogP contribution in [0.5, 0.6) is 0 Å². The normalized spacial score (nSPS) is 18.0. The molecule has 4 aromatic rings. The molecule has 0 bridgehead atoms. The molecule has 1 aliphatic rings. The number of carbonyl (C=O) groups is 1. The van der Waals surface area contributed by atoms with Gasteiger partial charge in [-0.2, -0.15) is 0 Å². The fourth-order valence-electron chi connectivity index (χ4n) is 5.00. The number of nitrogens with zero attached hydrogens (tertiary/aromatic N) is 3. The van der Waals surface area contributed by atoms with Crippen LogP contribution in [0.4, 0.5) is 4.39 Å². The number of benzene rings is 2. The van der Waals surface area contributed by atoms with Gasteiger partial charge in [0.15, 0.2) is 0 Å². The molecule has 0 unspecified atom stereocenters. The zero-order valence-corrected chi connectivity index (χ0v) is 20.1. The van der Waals surface area contributed by atoms with Gasteiger partial charge in [0, 0.05) is 18.8 Å². The first-order chi connectivity index (χ1) is 16.9. The summed E-state index contributed by atoms with van der Waals surface area (Å²) in [6.07, 6.45) is 4.94. The van der Waals surface area contributed by atoms with E-state index in [1.54, 1.807) is 35.8 Å². The highest BCUT2D eigenvalue weighted by atomic mass is 35.5. The molecule has 1 amide bonds. The van der Waals surface area contributed by atoms with Gasteiger partial charge < -0.3 is 5.32 Å².